The van der Waals surface area contributed by atoms with Crippen LogP contribution in [0.3, 0.4) is 0 Å². The highest BCUT2D eigenvalue weighted by atomic mass is 16.5. The van der Waals surface area contributed by atoms with E-state index in [-0.39, 0.29) is 0 Å². The summed E-state index contributed by atoms with van der Waals surface area (Å²) in [6.07, 6.45) is 37.5. The first-order chi connectivity index (χ1) is 24.8. The molecule has 2 N–H and O–H groups in total. The molecule has 8 rings (SSSR count). The maximum Gasteiger partial charge on any atom is 0.0471 e. The second-order valence-corrected chi connectivity index (χ2v) is 15.1. The Morgan fingerprint density at radius 3 is 1.20 bits per heavy atom. The Morgan fingerprint density at radius 2 is 0.780 bits per heavy atom. The van der Waals surface area contributed by atoms with Crippen molar-refractivity contribution in [1.82, 2.24) is 9.97 Å². The van der Waals surface area contributed by atoms with E-state index in [1.807, 2.05) is 0 Å². The van der Waals surface area contributed by atoms with Gasteiger partial charge < -0.3 is 19.4 Å². The molecule has 2 saturated heterocycles. The first-order valence-corrected chi connectivity index (χ1v) is 19.9. The monoisotopic (exact) mass is 670 g/mol. The second kappa shape index (κ2) is 18.1. The Labute approximate surface area is 300 Å². The number of nitrogens with one attached hydrogen (secondary N) is 2. The lowest BCUT2D eigenvalue weighted by Crippen LogP contribution is -2.13. The Kier molecular flexibility index (Phi) is 12.6. The van der Waals surface area contributed by atoms with Crippen molar-refractivity contribution >= 4 is 46.1 Å². The van der Waals surface area contributed by atoms with Gasteiger partial charge in [0.25, 0.3) is 0 Å². The number of rotatable bonds is 8. The minimum atomic E-state index is 0.632. The first kappa shape index (κ1) is 34.8. The lowest BCUT2D eigenvalue weighted by molar-refractivity contribution is 0.0786. The molecule has 2 saturated carbocycles. The molecule has 2 aromatic carbocycles. The van der Waals surface area contributed by atoms with Crippen LogP contribution in [-0.2, 0) is 9.47 Å². The van der Waals surface area contributed by atoms with Crippen LogP contribution in [0.15, 0.2) is 72.8 Å². The van der Waals surface area contributed by atoms with E-state index in [1.54, 1.807) is 0 Å². The van der Waals surface area contributed by atoms with Gasteiger partial charge in [-0.2, -0.15) is 0 Å². The van der Waals surface area contributed by atoms with E-state index >= 15 is 0 Å². The number of hydrogen-bond acceptors (Lipinski definition) is 2. The van der Waals surface area contributed by atoms with Gasteiger partial charge in [-0.3, -0.25) is 0 Å². The van der Waals surface area contributed by atoms with Crippen LogP contribution in [0.4, 0.5) is 0 Å². The molecule has 0 atom stereocenters. The number of aromatic nitrogens is 2. The van der Waals surface area contributed by atoms with Gasteiger partial charge in [0.1, 0.15) is 0 Å². The number of aromatic amines is 2. The molecule has 0 unspecified atom stereocenters. The summed E-state index contributed by atoms with van der Waals surface area (Å²) in [5.74, 6) is 2.81. The summed E-state index contributed by atoms with van der Waals surface area (Å²) in [6.45, 7) is 3.55. The maximum atomic E-state index is 5.48. The lowest BCUT2D eigenvalue weighted by Gasteiger charge is -2.18. The second-order valence-electron chi connectivity index (χ2n) is 15.1. The van der Waals surface area contributed by atoms with Crippen LogP contribution in [0.2, 0.25) is 0 Å². The quantitative estimate of drug-likeness (QED) is 0.196. The zero-order valence-corrected chi connectivity index (χ0v) is 30.1. The third-order valence-electron chi connectivity index (χ3n) is 11.5. The van der Waals surface area contributed by atoms with Crippen LogP contribution >= 0.6 is 0 Å². The molecule has 0 spiro atoms. The molecule has 4 heterocycles. The number of hydrogen-bond donors (Lipinski definition) is 2. The number of allylic oxidation sites excluding steroid dienone is 4. The van der Waals surface area contributed by atoms with E-state index in [2.05, 4.69) is 107 Å². The van der Waals surface area contributed by atoms with Crippen molar-refractivity contribution < 1.29 is 9.47 Å². The van der Waals surface area contributed by atoms with Crippen molar-refractivity contribution in [3.63, 3.8) is 0 Å². The minimum Gasteiger partial charge on any atom is -0.381 e. The standard InChI is InChI=1S/C24H31N.C22H27NO2/c1-3-9-19(10-4-1)15-17-22-21-13-7-8-14-23(21)25-24(22)18-16-20-11-5-2-6-12-20;1-2-4-21-19(3-1)20(7-5-17-9-13-24-14-10-17)22(23-21)8-6-18-11-15-25-16-12-18/h7-8,13-20,25H,1-6,9-12H2;1-8,17-18,23H,9-16H2/b17-15+,18-16+;7-5+,8-6+. The predicted octanol–water partition coefficient (Wildman–Crippen LogP) is 12.4. The summed E-state index contributed by atoms with van der Waals surface area (Å²) < 4.78 is 10.9. The van der Waals surface area contributed by atoms with E-state index in [1.165, 1.54) is 109 Å². The summed E-state index contributed by atoms with van der Waals surface area (Å²) in [6, 6.07) is 17.3. The van der Waals surface area contributed by atoms with E-state index in [0.29, 0.717) is 11.8 Å². The average Bonchev–Trinajstić information content (AvgIpc) is 3.73. The fourth-order valence-electron chi connectivity index (χ4n) is 8.39. The van der Waals surface area contributed by atoms with Gasteiger partial charge in [0.05, 0.1) is 0 Å². The van der Waals surface area contributed by atoms with Crippen molar-refractivity contribution in [3.8, 4) is 0 Å². The highest BCUT2D eigenvalue weighted by Gasteiger charge is 2.15. The molecule has 4 aromatic rings. The molecule has 50 heavy (non-hydrogen) atoms. The van der Waals surface area contributed by atoms with E-state index in [9.17, 15) is 0 Å². The number of fused-ring (bicyclic) bond motifs is 2. The van der Waals surface area contributed by atoms with Crippen LogP contribution < -0.4 is 0 Å². The minimum absolute atomic E-state index is 0.632. The molecule has 2 aromatic heterocycles. The molecular formula is C46H58N2O2. The lowest BCUT2D eigenvalue weighted by atomic mass is 9.88. The Balaban J connectivity index is 0.000000157. The first-order valence-electron chi connectivity index (χ1n) is 19.9. The highest BCUT2D eigenvalue weighted by molar-refractivity contribution is 5.94. The average molecular weight is 671 g/mol. The summed E-state index contributed by atoms with van der Waals surface area (Å²) in [7, 11) is 0. The van der Waals surface area contributed by atoms with Gasteiger partial charge in [0.2, 0.25) is 0 Å². The molecule has 4 fully saturated rings. The third kappa shape index (κ3) is 9.38. The summed E-state index contributed by atoms with van der Waals surface area (Å²) in [5, 5.41) is 2.66. The largest absolute Gasteiger partial charge is 0.381 e. The predicted molar refractivity (Wildman–Crippen MR) is 213 cm³/mol. The van der Waals surface area contributed by atoms with Gasteiger partial charge in [0, 0.05) is 70.7 Å². The van der Waals surface area contributed by atoms with E-state index in [0.717, 1.165) is 63.9 Å². The Morgan fingerprint density at radius 1 is 0.420 bits per heavy atom. The smallest absolute Gasteiger partial charge is 0.0471 e. The van der Waals surface area contributed by atoms with Crippen LogP contribution in [-0.4, -0.2) is 36.4 Å². The molecule has 264 valence electrons. The van der Waals surface area contributed by atoms with Gasteiger partial charge in [-0.1, -0.05) is 111 Å². The fourth-order valence-corrected chi connectivity index (χ4v) is 8.39. The van der Waals surface area contributed by atoms with Crippen molar-refractivity contribution in [3.05, 3.63) is 95.3 Å². The van der Waals surface area contributed by atoms with Crippen molar-refractivity contribution in [2.24, 2.45) is 23.7 Å². The van der Waals surface area contributed by atoms with Gasteiger partial charge in [0.15, 0.2) is 0 Å². The molecule has 4 nitrogen and oxygen atoms in total. The number of ether oxygens (including phenoxy) is 2. The van der Waals surface area contributed by atoms with Gasteiger partial charge in [-0.15, -0.1) is 0 Å². The van der Waals surface area contributed by atoms with Crippen LogP contribution in [0.25, 0.3) is 46.1 Å². The van der Waals surface area contributed by atoms with Crippen molar-refractivity contribution in [2.45, 2.75) is 89.9 Å². The third-order valence-corrected chi connectivity index (χ3v) is 11.5. The molecule has 0 radical (unpaired) electrons. The van der Waals surface area contributed by atoms with Crippen molar-refractivity contribution in [1.29, 1.82) is 0 Å². The molecule has 2 aliphatic carbocycles. The Bertz CT molecular complexity index is 1620. The summed E-state index contributed by atoms with van der Waals surface area (Å²) in [4.78, 5) is 7.25. The number of benzene rings is 2. The molecule has 0 bridgehead atoms. The zero-order valence-electron chi connectivity index (χ0n) is 30.1. The van der Waals surface area contributed by atoms with Crippen LogP contribution in [0, 0.1) is 23.7 Å². The molecular weight excluding hydrogens is 613 g/mol. The van der Waals surface area contributed by atoms with E-state index < -0.39 is 0 Å². The highest BCUT2D eigenvalue weighted by Crippen LogP contribution is 2.31. The van der Waals surface area contributed by atoms with Crippen molar-refractivity contribution in [2.75, 3.05) is 26.4 Å². The topological polar surface area (TPSA) is 50.0 Å². The molecule has 4 aliphatic rings. The normalized spacial score (nSPS) is 21.0. The maximum absolute atomic E-state index is 5.48. The Hall–Kier alpha value is -3.60. The molecule has 2 aliphatic heterocycles. The number of para-hydroxylation sites is 2. The fraction of sp³-hybridized carbons (Fsp3) is 0.478. The molecule has 4 heteroatoms. The molecule has 0 amide bonds. The van der Waals surface area contributed by atoms with Crippen LogP contribution in [0.1, 0.15) is 112 Å². The zero-order chi connectivity index (χ0) is 33.8. The van der Waals surface area contributed by atoms with E-state index in [4.69, 9.17) is 9.47 Å². The van der Waals surface area contributed by atoms with Gasteiger partial charge in [-0.05, 0) is 99.3 Å². The van der Waals surface area contributed by atoms with Crippen LogP contribution in [0.5, 0.6) is 0 Å². The summed E-state index contributed by atoms with van der Waals surface area (Å²) >= 11 is 0. The SMILES string of the molecule is C(=C\C1CCCCC1)/c1[nH]c2ccccc2c1/C=C/C1CCCCC1.C(=C\C1CCOCC1)/c1[nH]c2ccccc2c1/C=C/C1CCOCC1. The van der Waals surface area contributed by atoms with Gasteiger partial charge in [-0.25, -0.2) is 0 Å². The van der Waals surface area contributed by atoms with Gasteiger partial charge >= 0.3 is 0 Å². The summed E-state index contributed by atoms with van der Waals surface area (Å²) in [5.41, 5.74) is 7.67. The number of H-pyrrole nitrogens is 2.